The molecular formula is C19H18N4OS. The molecule has 126 valence electrons. The molecule has 0 bridgehead atoms. The maximum absolute atomic E-state index is 9.01. The summed E-state index contributed by atoms with van der Waals surface area (Å²) >= 11 is 1.72. The zero-order chi connectivity index (χ0) is 17.8. The monoisotopic (exact) mass is 350 g/mol. The summed E-state index contributed by atoms with van der Waals surface area (Å²) in [6.07, 6.45) is 0. The Kier molecular flexibility index (Phi) is 4.89. The number of allylic oxidation sites excluding steroid dienone is 1. The summed E-state index contributed by atoms with van der Waals surface area (Å²) in [5.41, 5.74) is 10.6. The van der Waals surface area contributed by atoms with E-state index in [1.54, 1.807) is 23.5 Å². The van der Waals surface area contributed by atoms with Crippen molar-refractivity contribution < 1.29 is 4.74 Å². The molecular weight excluding hydrogens is 332 g/mol. The SMILES string of the molecule is Cc1ccc2sc(COc3cccc(/C(N)=C(\C#N)NN)c3)cc2c1. The third kappa shape index (κ3) is 3.74. The number of nitrogens with zero attached hydrogens (tertiary/aromatic N) is 1. The van der Waals surface area contributed by atoms with Crippen LogP contribution in [0, 0.1) is 18.3 Å². The van der Waals surface area contributed by atoms with Gasteiger partial charge in [0.1, 0.15) is 18.4 Å². The highest BCUT2D eigenvalue weighted by atomic mass is 32.1. The summed E-state index contributed by atoms with van der Waals surface area (Å²) in [5.74, 6) is 5.99. The standard InChI is InChI=1S/C19H18N4OS/c1-12-5-6-18-14(7-12)9-16(25-18)11-24-15-4-2-3-13(8-15)19(21)17(10-20)23-22/h2-9,23H,11,21-22H2,1H3/b19-17-. The lowest BCUT2D eigenvalue weighted by Crippen LogP contribution is -2.23. The molecule has 0 aliphatic carbocycles. The number of benzene rings is 2. The van der Waals surface area contributed by atoms with Crippen molar-refractivity contribution in [3.8, 4) is 11.8 Å². The molecule has 5 nitrogen and oxygen atoms in total. The second-order valence-electron chi connectivity index (χ2n) is 5.62. The molecule has 0 saturated carbocycles. The third-order valence-corrected chi connectivity index (χ3v) is 4.86. The van der Waals surface area contributed by atoms with E-state index in [0.717, 1.165) is 4.88 Å². The first-order valence-corrected chi connectivity index (χ1v) is 8.51. The molecule has 1 heterocycles. The van der Waals surface area contributed by atoms with Gasteiger partial charge in [-0.1, -0.05) is 29.8 Å². The first-order chi connectivity index (χ1) is 12.1. The number of hydrogen-bond acceptors (Lipinski definition) is 6. The van der Waals surface area contributed by atoms with Crippen LogP contribution in [0.5, 0.6) is 5.75 Å². The van der Waals surface area contributed by atoms with Crippen LogP contribution in [0.25, 0.3) is 15.8 Å². The number of fused-ring (bicyclic) bond motifs is 1. The number of aryl methyl sites for hydroxylation is 1. The zero-order valence-electron chi connectivity index (χ0n) is 13.7. The molecule has 0 aliphatic rings. The van der Waals surface area contributed by atoms with Gasteiger partial charge in [0.2, 0.25) is 0 Å². The highest BCUT2D eigenvalue weighted by Gasteiger charge is 2.07. The van der Waals surface area contributed by atoms with E-state index >= 15 is 0 Å². The average Bonchev–Trinajstić information content (AvgIpc) is 3.03. The average molecular weight is 350 g/mol. The molecule has 0 radical (unpaired) electrons. The van der Waals surface area contributed by atoms with Crippen molar-refractivity contribution in [3.05, 3.63) is 70.2 Å². The maximum Gasteiger partial charge on any atom is 0.151 e. The second-order valence-corrected chi connectivity index (χ2v) is 6.78. The van der Waals surface area contributed by atoms with Crippen molar-refractivity contribution >= 4 is 27.1 Å². The molecule has 1 aromatic heterocycles. The zero-order valence-corrected chi connectivity index (χ0v) is 14.6. The predicted molar refractivity (Wildman–Crippen MR) is 101 cm³/mol. The smallest absolute Gasteiger partial charge is 0.151 e. The number of nitrogens with one attached hydrogen (secondary N) is 1. The van der Waals surface area contributed by atoms with Crippen LogP contribution in [0.2, 0.25) is 0 Å². The van der Waals surface area contributed by atoms with Crippen LogP contribution in [0.4, 0.5) is 0 Å². The largest absolute Gasteiger partial charge is 0.488 e. The Hall–Kier alpha value is -3.01. The summed E-state index contributed by atoms with van der Waals surface area (Å²) in [6, 6.07) is 17.8. The minimum absolute atomic E-state index is 0.122. The van der Waals surface area contributed by atoms with E-state index in [9.17, 15) is 0 Å². The normalized spacial score (nSPS) is 11.7. The summed E-state index contributed by atoms with van der Waals surface area (Å²) < 4.78 is 7.14. The van der Waals surface area contributed by atoms with E-state index < -0.39 is 0 Å². The molecule has 2 aromatic carbocycles. The minimum atomic E-state index is 0.122. The van der Waals surface area contributed by atoms with Crippen molar-refractivity contribution in [2.45, 2.75) is 13.5 Å². The van der Waals surface area contributed by atoms with Gasteiger partial charge in [-0.3, -0.25) is 0 Å². The second kappa shape index (κ2) is 7.26. The van der Waals surface area contributed by atoms with Gasteiger partial charge < -0.3 is 15.9 Å². The number of hydrogen-bond donors (Lipinski definition) is 3. The Morgan fingerprint density at radius 3 is 2.84 bits per heavy atom. The number of ether oxygens (including phenoxy) is 1. The Morgan fingerprint density at radius 1 is 1.24 bits per heavy atom. The van der Waals surface area contributed by atoms with Crippen LogP contribution >= 0.6 is 11.3 Å². The number of nitrogens with two attached hydrogens (primary N) is 2. The number of thiophene rings is 1. The molecule has 0 atom stereocenters. The van der Waals surface area contributed by atoms with Gasteiger partial charge in [0.05, 0.1) is 5.70 Å². The Balaban J connectivity index is 1.78. The fraction of sp³-hybridized carbons (Fsp3) is 0.105. The molecule has 25 heavy (non-hydrogen) atoms. The first-order valence-electron chi connectivity index (χ1n) is 7.69. The lowest BCUT2D eigenvalue weighted by Gasteiger charge is -2.09. The molecule has 6 heteroatoms. The van der Waals surface area contributed by atoms with Crippen molar-refractivity contribution in [1.29, 1.82) is 5.26 Å². The summed E-state index contributed by atoms with van der Waals surface area (Å²) in [7, 11) is 0. The van der Waals surface area contributed by atoms with Gasteiger partial charge in [0.25, 0.3) is 0 Å². The van der Waals surface area contributed by atoms with Crippen LogP contribution in [0.3, 0.4) is 0 Å². The van der Waals surface area contributed by atoms with Crippen molar-refractivity contribution in [3.63, 3.8) is 0 Å². The van der Waals surface area contributed by atoms with E-state index in [0.29, 0.717) is 17.9 Å². The Labute approximate surface area is 150 Å². The first kappa shape index (κ1) is 16.8. The fourth-order valence-electron chi connectivity index (χ4n) is 2.51. The molecule has 0 fully saturated rings. The molecule has 0 aliphatic heterocycles. The topological polar surface area (TPSA) is 97.1 Å². The summed E-state index contributed by atoms with van der Waals surface area (Å²) in [4.78, 5) is 1.15. The molecule has 3 aromatic rings. The van der Waals surface area contributed by atoms with Crippen molar-refractivity contribution in [2.75, 3.05) is 0 Å². The van der Waals surface area contributed by atoms with E-state index in [-0.39, 0.29) is 11.4 Å². The maximum atomic E-state index is 9.01. The molecule has 0 saturated heterocycles. The van der Waals surface area contributed by atoms with E-state index in [4.69, 9.17) is 21.6 Å². The van der Waals surface area contributed by atoms with Gasteiger partial charge in [-0.2, -0.15) is 5.26 Å². The molecule has 5 N–H and O–H groups in total. The van der Waals surface area contributed by atoms with Crippen molar-refractivity contribution in [1.82, 2.24) is 5.43 Å². The number of rotatable bonds is 5. The Bertz CT molecular complexity index is 984. The molecule has 0 spiro atoms. The molecule has 3 rings (SSSR count). The van der Waals surface area contributed by atoms with Crippen LogP contribution in [-0.4, -0.2) is 0 Å². The molecule has 0 unspecified atom stereocenters. The van der Waals surface area contributed by atoms with Gasteiger partial charge in [-0.25, -0.2) is 5.84 Å². The highest BCUT2D eigenvalue weighted by Crippen LogP contribution is 2.28. The Morgan fingerprint density at radius 2 is 2.08 bits per heavy atom. The van der Waals surface area contributed by atoms with Crippen LogP contribution in [0.1, 0.15) is 16.0 Å². The van der Waals surface area contributed by atoms with E-state index in [1.807, 2.05) is 18.2 Å². The van der Waals surface area contributed by atoms with Crippen molar-refractivity contribution in [2.24, 2.45) is 11.6 Å². The third-order valence-electron chi connectivity index (χ3n) is 3.77. The van der Waals surface area contributed by atoms with E-state index in [2.05, 4.69) is 36.6 Å². The minimum Gasteiger partial charge on any atom is -0.488 e. The van der Waals surface area contributed by atoms with Crippen LogP contribution < -0.4 is 21.7 Å². The summed E-state index contributed by atoms with van der Waals surface area (Å²) in [6.45, 7) is 2.56. The van der Waals surface area contributed by atoms with E-state index in [1.165, 1.54) is 15.6 Å². The summed E-state index contributed by atoms with van der Waals surface area (Å²) in [5, 5.41) is 10.2. The number of nitriles is 1. The quantitative estimate of drug-likeness (QED) is 0.372. The van der Waals surface area contributed by atoms with Crippen LogP contribution in [0.15, 0.2) is 54.2 Å². The van der Waals surface area contributed by atoms with Gasteiger partial charge in [0, 0.05) is 15.1 Å². The highest BCUT2D eigenvalue weighted by molar-refractivity contribution is 7.19. The van der Waals surface area contributed by atoms with Crippen LogP contribution in [-0.2, 0) is 6.61 Å². The van der Waals surface area contributed by atoms with Gasteiger partial charge in [-0.15, -0.1) is 11.3 Å². The van der Waals surface area contributed by atoms with Gasteiger partial charge >= 0.3 is 0 Å². The lowest BCUT2D eigenvalue weighted by atomic mass is 10.1. The lowest BCUT2D eigenvalue weighted by molar-refractivity contribution is 0.310. The van der Waals surface area contributed by atoms with Gasteiger partial charge in [0.15, 0.2) is 5.70 Å². The number of hydrazine groups is 1. The molecule has 0 amide bonds. The van der Waals surface area contributed by atoms with Gasteiger partial charge in [-0.05, 0) is 36.6 Å². The fourth-order valence-corrected chi connectivity index (χ4v) is 3.47. The predicted octanol–water partition coefficient (Wildman–Crippen LogP) is 3.40.